The molecule has 0 amide bonds. The summed E-state index contributed by atoms with van der Waals surface area (Å²) in [6.07, 6.45) is 2.15. The van der Waals surface area contributed by atoms with Gasteiger partial charge in [0.2, 0.25) is 0 Å². The van der Waals surface area contributed by atoms with Crippen LogP contribution in [0.1, 0.15) is 18.1 Å². The van der Waals surface area contributed by atoms with E-state index < -0.39 is 0 Å². The second-order valence-electron chi connectivity index (χ2n) is 3.93. The van der Waals surface area contributed by atoms with Crippen LogP contribution in [0.3, 0.4) is 0 Å². The lowest BCUT2D eigenvalue weighted by Crippen LogP contribution is -2.23. The molecule has 2 nitrogen and oxygen atoms in total. The molecule has 1 aliphatic rings. The van der Waals surface area contributed by atoms with Crippen molar-refractivity contribution in [3.63, 3.8) is 0 Å². The van der Waals surface area contributed by atoms with Gasteiger partial charge in [0, 0.05) is 12.5 Å². The molecule has 0 fully saturated rings. The third kappa shape index (κ3) is 2.86. The Morgan fingerprint density at radius 3 is 3.00 bits per heavy atom. The number of hydrogen-bond donors (Lipinski definition) is 1. The summed E-state index contributed by atoms with van der Waals surface area (Å²) in [5, 5.41) is 3.25. The molecule has 1 heterocycles. The van der Waals surface area contributed by atoms with Crippen molar-refractivity contribution in [3.05, 3.63) is 29.3 Å². The van der Waals surface area contributed by atoms with Gasteiger partial charge in [0.1, 0.15) is 5.75 Å². The van der Waals surface area contributed by atoms with Crippen molar-refractivity contribution in [2.75, 3.05) is 13.7 Å². The fourth-order valence-corrected chi connectivity index (χ4v) is 1.82. The van der Waals surface area contributed by atoms with Gasteiger partial charge in [-0.3, -0.25) is 0 Å². The SMILES string of the molecule is CNC(C)Cc1ccc2c(c1)CCO2.Cl. The van der Waals surface area contributed by atoms with E-state index in [-0.39, 0.29) is 12.4 Å². The first-order chi connectivity index (χ1) is 6.79. The van der Waals surface area contributed by atoms with Crippen molar-refractivity contribution in [1.29, 1.82) is 0 Å². The van der Waals surface area contributed by atoms with Crippen molar-refractivity contribution >= 4 is 12.4 Å². The molecule has 1 unspecified atom stereocenters. The van der Waals surface area contributed by atoms with Crippen molar-refractivity contribution < 1.29 is 4.74 Å². The van der Waals surface area contributed by atoms with Crippen molar-refractivity contribution in [2.45, 2.75) is 25.8 Å². The van der Waals surface area contributed by atoms with Crippen LogP contribution in [0.4, 0.5) is 0 Å². The van der Waals surface area contributed by atoms with Gasteiger partial charge in [0.05, 0.1) is 6.61 Å². The van der Waals surface area contributed by atoms with Crippen molar-refractivity contribution in [1.82, 2.24) is 5.32 Å². The van der Waals surface area contributed by atoms with Gasteiger partial charge in [-0.1, -0.05) is 12.1 Å². The van der Waals surface area contributed by atoms with Gasteiger partial charge >= 0.3 is 0 Å². The third-order valence-electron chi connectivity index (χ3n) is 2.79. The quantitative estimate of drug-likeness (QED) is 0.855. The number of fused-ring (bicyclic) bond motifs is 1. The molecule has 0 radical (unpaired) electrons. The van der Waals surface area contributed by atoms with Gasteiger partial charge in [-0.05, 0) is 37.6 Å². The second kappa shape index (κ2) is 5.38. The largest absolute Gasteiger partial charge is 0.493 e. The van der Waals surface area contributed by atoms with Gasteiger partial charge in [0.25, 0.3) is 0 Å². The first-order valence-electron chi connectivity index (χ1n) is 5.21. The Morgan fingerprint density at radius 2 is 2.27 bits per heavy atom. The molecule has 0 spiro atoms. The summed E-state index contributed by atoms with van der Waals surface area (Å²) in [7, 11) is 2.00. The Labute approximate surface area is 97.4 Å². The standard InChI is InChI=1S/C12H17NO.ClH/c1-9(13-2)7-10-3-4-12-11(8-10)5-6-14-12;/h3-4,8-9,13H,5-7H2,1-2H3;1H. The predicted octanol–water partition coefficient (Wildman–Crippen LogP) is 2.19. The number of hydrogen-bond acceptors (Lipinski definition) is 2. The van der Waals surface area contributed by atoms with Gasteiger partial charge in [0.15, 0.2) is 0 Å². The minimum Gasteiger partial charge on any atom is -0.493 e. The highest BCUT2D eigenvalue weighted by Crippen LogP contribution is 2.26. The summed E-state index contributed by atoms with van der Waals surface area (Å²) in [4.78, 5) is 0. The van der Waals surface area contributed by atoms with E-state index >= 15 is 0 Å². The monoisotopic (exact) mass is 227 g/mol. The first kappa shape index (κ1) is 12.3. The molecular formula is C12H18ClNO. The molecule has 1 aromatic carbocycles. The highest BCUT2D eigenvalue weighted by atomic mass is 35.5. The van der Waals surface area contributed by atoms with E-state index in [1.165, 1.54) is 11.1 Å². The third-order valence-corrected chi connectivity index (χ3v) is 2.79. The van der Waals surface area contributed by atoms with E-state index in [0.29, 0.717) is 6.04 Å². The Morgan fingerprint density at radius 1 is 1.47 bits per heavy atom. The average molecular weight is 228 g/mol. The fraction of sp³-hybridized carbons (Fsp3) is 0.500. The number of benzene rings is 1. The molecule has 0 aliphatic carbocycles. The fourth-order valence-electron chi connectivity index (χ4n) is 1.82. The lowest BCUT2D eigenvalue weighted by Gasteiger charge is -2.10. The average Bonchev–Trinajstić information content (AvgIpc) is 2.64. The van der Waals surface area contributed by atoms with E-state index in [1.807, 2.05) is 7.05 Å². The highest BCUT2D eigenvalue weighted by molar-refractivity contribution is 5.85. The second-order valence-corrected chi connectivity index (χ2v) is 3.93. The summed E-state index contributed by atoms with van der Waals surface area (Å²) in [6.45, 7) is 3.05. The van der Waals surface area contributed by atoms with Gasteiger partial charge in [-0.15, -0.1) is 12.4 Å². The maximum Gasteiger partial charge on any atom is 0.122 e. The molecule has 0 aromatic heterocycles. The van der Waals surface area contributed by atoms with Crippen LogP contribution in [0, 0.1) is 0 Å². The Bertz CT molecular complexity index is 327. The maximum atomic E-state index is 5.47. The zero-order chi connectivity index (χ0) is 9.97. The van der Waals surface area contributed by atoms with E-state index in [9.17, 15) is 0 Å². The first-order valence-corrected chi connectivity index (χ1v) is 5.21. The van der Waals surface area contributed by atoms with Crippen LogP contribution in [0.15, 0.2) is 18.2 Å². The van der Waals surface area contributed by atoms with Crippen LogP contribution in [0.5, 0.6) is 5.75 Å². The van der Waals surface area contributed by atoms with E-state index in [4.69, 9.17) is 4.74 Å². The number of likely N-dealkylation sites (N-methyl/N-ethyl adjacent to an activating group) is 1. The highest BCUT2D eigenvalue weighted by Gasteiger charge is 2.12. The Balaban J connectivity index is 0.00000112. The predicted molar refractivity (Wildman–Crippen MR) is 65.1 cm³/mol. The molecule has 1 aliphatic heterocycles. The van der Waals surface area contributed by atoms with E-state index in [1.54, 1.807) is 0 Å². The van der Waals surface area contributed by atoms with Crippen LogP contribution in [0.2, 0.25) is 0 Å². The van der Waals surface area contributed by atoms with Crippen molar-refractivity contribution in [3.8, 4) is 5.75 Å². The smallest absolute Gasteiger partial charge is 0.122 e. The van der Waals surface area contributed by atoms with Crippen LogP contribution >= 0.6 is 12.4 Å². The van der Waals surface area contributed by atoms with E-state index in [0.717, 1.165) is 25.2 Å². The molecule has 0 saturated carbocycles. The van der Waals surface area contributed by atoms with Crippen LogP contribution in [-0.2, 0) is 12.8 Å². The molecule has 3 heteroatoms. The molecule has 2 rings (SSSR count). The molecular weight excluding hydrogens is 210 g/mol. The molecule has 1 aromatic rings. The lowest BCUT2D eigenvalue weighted by molar-refractivity contribution is 0.357. The van der Waals surface area contributed by atoms with Gasteiger partial charge < -0.3 is 10.1 Å². The minimum absolute atomic E-state index is 0. The van der Waals surface area contributed by atoms with Crippen LogP contribution < -0.4 is 10.1 Å². The zero-order valence-corrected chi connectivity index (χ0v) is 10.1. The molecule has 0 bridgehead atoms. The number of nitrogens with one attached hydrogen (secondary N) is 1. The normalized spacial score (nSPS) is 15.1. The Hall–Kier alpha value is -0.730. The molecule has 0 saturated heterocycles. The van der Waals surface area contributed by atoms with Crippen LogP contribution in [-0.4, -0.2) is 19.7 Å². The summed E-state index contributed by atoms with van der Waals surface area (Å²) in [6, 6.07) is 7.07. The summed E-state index contributed by atoms with van der Waals surface area (Å²) >= 11 is 0. The number of ether oxygens (including phenoxy) is 1. The summed E-state index contributed by atoms with van der Waals surface area (Å²) in [5.41, 5.74) is 2.77. The minimum atomic E-state index is 0. The number of halogens is 1. The topological polar surface area (TPSA) is 21.3 Å². The summed E-state index contributed by atoms with van der Waals surface area (Å²) in [5.74, 6) is 1.07. The molecule has 1 N–H and O–H groups in total. The van der Waals surface area contributed by atoms with Crippen LogP contribution in [0.25, 0.3) is 0 Å². The molecule has 15 heavy (non-hydrogen) atoms. The van der Waals surface area contributed by atoms with E-state index in [2.05, 4.69) is 30.4 Å². The van der Waals surface area contributed by atoms with Gasteiger partial charge in [-0.2, -0.15) is 0 Å². The summed E-state index contributed by atoms with van der Waals surface area (Å²) < 4.78 is 5.47. The lowest BCUT2D eigenvalue weighted by atomic mass is 10.0. The Kier molecular flexibility index (Phi) is 4.43. The molecule has 84 valence electrons. The zero-order valence-electron chi connectivity index (χ0n) is 9.25. The number of rotatable bonds is 3. The maximum absolute atomic E-state index is 5.47. The van der Waals surface area contributed by atoms with Gasteiger partial charge in [-0.25, -0.2) is 0 Å². The van der Waals surface area contributed by atoms with Crippen molar-refractivity contribution in [2.24, 2.45) is 0 Å². The molecule has 1 atom stereocenters.